The van der Waals surface area contributed by atoms with Crippen LogP contribution in [0, 0.1) is 25.0 Å². The monoisotopic (exact) mass is 1040 g/mol. The SMILES string of the molecule is CC(C)Cc1cc(-c2[c-]cccc2)ncc1[Si](C)(C)C.Cc1ccc2c(n1)sc1c(C3[N-]c4c(ccc5c4ccc4ccccc45)N3c3cccc(-c4ccccc4)c3)[c-]ccc12.[Ir+3]. The number of fused-ring (bicyclic) bond motifs is 8. The molecule has 4 heterocycles. The topological polar surface area (TPSA) is 43.1 Å². The van der Waals surface area contributed by atoms with Gasteiger partial charge in [0.1, 0.15) is 4.83 Å². The molecule has 0 spiro atoms. The number of hydrogen-bond acceptors (Lipinski definition) is 4. The van der Waals surface area contributed by atoms with E-state index >= 15 is 0 Å². The minimum atomic E-state index is -1.34. The first-order chi connectivity index (χ1) is 30.6. The van der Waals surface area contributed by atoms with Crippen LogP contribution >= 0.6 is 11.3 Å². The molecule has 7 heteroatoms. The standard InChI is InChI=1S/C39H25N3S.C18H24NSi.Ir/c1-24-17-19-33-32-15-8-16-34(37(32)43-39(33)40-24)38-41-36-31-20-18-26-11-5-6-14-29(26)30(31)21-22-35(36)42(38)28-13-7-12-27(23-28)25-9-3-2-4-10-25;1-14(2)11-16-12-17(15-9-7-6-8-10-15)19-13-18(16)20(3,4)5;/h2-15,17-23,38H,1H3;6-9,12-14H,11H2,1-5H3;/q-2;-1;+3. The molecule has 1 aliphatic rings. The van der Waals surface area contributed by atoms with E-state index in [4.69, 9.17) is 10.3 Å². The Kier molecular flexibility index (Phi) is 12.1. The number of nitrogens with zero attached hydrogens (tertiary/aromatic N) is 4. The molecule has 4 nitrogen and oxygen atoms in total. The van der Waals surface area contributed by atoms with Gasteiger partial charge in [-0.3, -0.25) is 0 Å². The summed E-state index contributed by atoms with van der Waals surface area (Å²) in [6.45, 7) is 13.8. The molecule has 0 fully saturated rings. The first kappa shape index (κ1) is 43.3. The van der Waals surface area contributed by atoms with Gasteiger partial charge in [-0.1, -0.05) is 141 Å². The van der Waals surface area contributed by atoms with E-state index < -0.39 is 8.07 Å². The Balaban J connectivity index is 0.000000209. The summed E-state index contributed by atoms with van der Waals surface area (Å²) in [5, 5.41) is 14.3. The summed E-state index contributed by atoms with van der Waals surface area (Å²) >= 11 is 1.74. The van der Waals surface area contributed by atoms with Gasteiger partial charge in [0.2, 0.25) is 0 Å². The summed E-state index contributed by atoms with van der Waals surface area (Å²) in [5.74, 6) is 0.667. The smallest absolute Gasteiger partial charge is 0.661 e. The first-order valence-corrected chi connectivity index (χ1v) is 26.2. The van der Waals surface area contributed by atoms with Crippen molar-refractivity contribution in [2.24, 2.45) is 5.92 Å². The molecule has 1 atom stereocenters. The maximum Gasteiger partial charge on any atom is 3.00 e. The molecule has 3 aromatic heterocycles. The Morgan fingerprint density at radius 2 is 1.47 bits per heavy atom. The molecule has 0 radical (unpaired) electrons. The van der Waals surface area contributed by atoms with Crippen LogP contribution in [0.5, 0.6) is 0 Å². The average Bonchev–Trinajstić information content (AvgIpc) is 3.88. The van der Waals surface area contributed by atoms with Crippen LogP contribution in [0.1, 0.15) is 36.8 Å². The molecular weight excluding hydrogens is 993 g/mol. The maximum absolute atomic E-state index is 5.54. The van der Waals surface area contributed by atoms with Crippen LogP contribution < -0.4 is 10.1 Å². The minimum Gasteiger partial charge on any atom is -0.661 e. The molecule has 1 unspecified atom stereocenters. The molecule has 64 heavy (non-hydrogen) atoms. The van der Waals surface area contributed by atoms with Crippen molar-refractivity contribution in [2.45, 2.75) is 53.0 Å². The van der Waals surface area contributed by atoms with Crippen LogP contribution in [0.15, 0.2) is 164 Å². The van der Waals surface area contributed by atoms with Crippen molar-refractivity contribution < 1.29 is 20.1 Å². The molecule has 0 N–H and O–H groups in total. The van der Waals surface area contributed by atoms with E-state index in [1.165, 1.54) is 58.9 Å². The normalized spacial score (nSPS) is 13.5. The van der Waals surface area contributed by atoms with Crippen molar-refractivity contribution in [3.8, 4) is 22.4 Å². The molecule has 10 aromatic rings. The quantitative estimate of drug-likeness (QED) is 0.0908. The van der Waals surface area contributed by atoms with Crippen LogP contribution in [0.4, 0.5) is 17.1 Å². The van der Waals surface area contributed by atoms with Crippen molar-refractivity contribution in [3.63, 3.8) is 0 Å². The molecule has 0 saturated heterocycles. The second-order valence-electron chi connectivity index (χ2n) is 18.0. The van der Waals surface area contributed by atoms with Crippen molar-refractivity contribution in [2.75, 3.05) is 4.90 Å². The van der Waals surface area contributed by atoms with Crippen LogP contribution in [0.2, 0.25) is 19.6 Å². The number of rotatable bonds is 7. The Hall–Kier alpha value is -5.95. The van der Waals surface area contributed by atoms with Crippen molar-refractivity contribution in [1.29, 1.82) is 0 Å². The van der Waals surface area contributed by atoms with Gasteiger partial charge in [0, 0.05) is 23.3 Å². The Bertz CT molecular complexity index is 3290. The molecule has 316 valence electrons. The zero-order valence-corrected chi connectivity index (χ0v) is 41.2. The fourth-order valence-electron chi connectivity index (χ4n) is 9.05. The Morgan fingerprint density at radius 1 is 0.703 bits per heavy atom. The molecule has 11 rings (SSSR count). The molecule has 0 aliphatic carbocycles. The summed E-state index contributed by atoms with van der Waals surface area (Å²) in [7, 11) is -1.34. The number of hydrogen-bond donors (Lipinski definition) is 0. The summed E-state index contributed by atoms with van der Waals surface area (Å²) in [6.07, 6.45) is 2.97. The van der Waals surface area contributed by atoms with Gasteiger partial charge in [0.25, 0.3) is 0 Å². The van der Waals surface area contributed by atoms with Gasteiger partial charge in [-0.15, -0.1) is 52.5 Å². The third-order valence-electron chi connectivity index (χ3n) is 12.0. The average molecular weight is 1040 g/mol. The van der Waals surface area contributed by atoms with Crippen molar-refractivity contribution in [1.82, 2.24) is 9.97 Å². The number of thiophene rings is 1. The van der Waals surface area contributed by atoms with E-state index in [0.717, 1.165) is 50.8 Å². The van der Waals surface area contributed by atoms with E-state index in [1.807, 2.05) is 24.3 Å². The largest absolute Gasteiger partial charge is 3.00 e. The predicted molar refractivity (Wildman–Crippen MR) is 272 cm³/mol. The minimum absolute atomic E-state index is 0. The maximum atomic E-state index is 5.54. The van der Waals surface area contributed by atoms with Crippen molar-refractivity contribution in [3.05, 3.63) is 198 Å². The zero-order chi connectivity index (χ0) is 43.2. The summed E-state index contributed by atoms with van der Waals surface area (Å²) in [4.78, 5) is 13.0. The van der Waals surface area contributed by atoms with Gasteiger partial charge in [-0.05, 0) is 98.6 Å². The number of aromatic nitrogens is 2. The van der Waals surface area contributed by atoms with Gasteiger partial charge in [0.05, 0.1) is 8.07 Å². The fourth-order valence-corrected chi connectivity index (χ4v) is 11.9. The summed E-state index contributed by atoms with van der Waals surface area (Å²) in [6, 6.07) is 62.7. The summed E-state index contributed by atoms with van der Waals surface area (Å²) in [5.41, 5.74) is 11.3. The molecule has 0 amide bonds. The number of anilines is 2. The van der Waals surface area contributed by atoms with Gasteiger partial charge in [-0.2, -0.15) is 29.5 Å². The summed E-state index contributed by atoms with van der Waals surface area (Å²) < 4.78 is 1.19. The van der Waals surface area contributed by atoms with E-state index in [1.54, 1.807) is 11.3 Å². The molecule has 7 aromatic carbocycles. The zero-order valence-electron chi connectivity index (χ0n) is 37.0. The molecule has 0 bridgehead atoms. The van der Waals surface area contributed by atoms with E-state index in [-0.39, 0.29) is 26.3 Å². The number of aryl methyl sites for hydroxylation is 1. The van der Waals surface area contributed by atoms with E-state index in [0.29, 0.717) is 5.92 Å². The third-order valence-corrected chi connectivity index (χ3v) is 15.2. The predicted octanol–water partition coefficient (Wildman–Crippen LogP) is 15.7. The molecule has 0 saturated carbocycles. The third kappa shape index (κ3) is 8.30. The second-order valence-corrected chi connectivity index (χ2v) is 24.0. The Labute approximate surface area is 395 Å². The second kappa shape index (κ2) is 17.9. The van der Waals surface area contributed by atoms with Gasteiger partial charge in [-0.25, -0.2) is 4.98 Å². The molecule has 1 aliphatic heterocycles. The number of pyridine rings is 2. The number of benzene rings is 7. The van der Waals surface area contributed by atoms with E-state index in [2.05, 4.69) is 202 Å². The van der Waals surface area contributed by atoms with Crippen LogP contribution in [0.25, 0.3) is 69.5 Å². The van der Waals surface area contributed by atoms with Crippen LogP contribution in [-0.4, -0.2) is 18.0 Å². The molecular formula is C57H49IrN4SSi. The Morgan fingerprint density at radius 3 is 2.27 bits per heavy atom. The van der Waals surface area contributed by atoms with Crippen molar-refractivity contribution >= 4 is 83.5 Å². The van der Waals surface area contributed by atoms with Gasteiger partial charge >= 0.3 is 20.1 Å². The fraction of sp³-hybridized carbons (Fsp3) is 0.158. The van der Waals surface area contributed by atoms with E-state index in [9.17, 15) is 0 Å². The van der Waals surface area contributed by atoms with Gasteiger partial charge < -0.3 is 15.2 Å². The van der Waals surface area contributed by atoms with Crippen LogP contribution in [0.3, 0.4) is 0 Å². The first-order valence-electron chi connectivity index (χ1n) is 21.9. The van der Waals surface area contributed by atoms with Crippen LogP contribution in [-0.2, 0) is 26.5 Å². The van der Waals surface area contributed by atoms with Gasteiger partial charge in [0.15, 0.2) is 0 Å².